The molecule has 0 aromatic heterocycles. The Balaban J connectivity index is 0.000000112. The van der Waals surface area contributed by atoms with Crippen LogP contribution in [0.5, 0.6) is 0 Å². The highest BCUT2D eigenvalue weighted by Crippen LogP contribution is 2.23. The van der Waals surface area contributed by atoms with Gasteiger partial charge in [0.05, 0.1) is 0 Å². The van der Waals surface area contributed by atoms with Gasteiger partial charge in [-0.15, -0.1) is 0 Å². The highest BCUT2D eigenvalue weighted by atomic mass is 14.1. The van der Waals surface area contributed by atoms with Crippen LogP contribution in [-0.4, -0.2) is 0 Å². The van der Waals surface area contributed by atoms with Crippen molar-refractivity contribution < 1.29 is 0 Å². The molecule has 0 unspecified atom stereocenters. The van der Waals surface area contributed by atoms with Gasteiger partial charge < -0.3 is 0 Å². The lowest BCUT2D eigenvalue weighted by atomic mass is 10.2. The summed E-state index contributed by atoms with van der Waals surface area (Å²) in [6, 6.07) is 12.0. The van der Waals surface area contributed by atoms with Crippen LogP contribution in [0.2, 0.25) is 0 Å². The lowest BCUT2D eigenvalue weighted by Crippen LogP contribution is -1.67. The van der Waals surface area contributed by atoms with Crippen molar-refractivity contribution in [3.63, 3.8) is 0 Å². The minimum absolute atomic E-state index is 1.35. The molecule has 2 aliphatic carbocycles. The van der Waals surface area contributed by atoms with Gasteiger partial charge >= 0.3 is 0 Å². The Hall–Kier alpha value is -1.82. The summed E-state index contributed by atoms with van der Waals surface area (Å²) in [7, 11) is 0. The van der Waals surface area contributed by atoms with Gasteiger partial charge in [0.1, 0.15) is 0 Å². The van der Waals surface area contributed by atoms with Gasteiger partial charge in [-0.25, -0.2) is 0 Å². The second-order valence-electron chi connectivity index (χ2n) is 3.12. The third-order valence-corrected chi connectivity index (χ3v) is 2.10. The first-order chi connectivity index (χ1) is 6.97. The molecule has 0 N–H and O–H groups in total. The van der Waals surface area contributed by atoms with E-state index in [9.17, 15) is 0 Å². The highest BCUT2D eigenvalue weighted by molar-refractivity contribution is 5.59. The third-order valence-electron chi connectivity index (χ3n) is 2.10. The molecule has 0 aliphatic heterocycles. The molecule has 0 heteroatoms. The normalized spacial score (nSPS) is 15.4. The molecular formula is C14H12. The monoisotopic (exact) mass is 180 g/mol. The average molecular weight is 180 g/mol. The molecule has 1 aromatic rings. The van der Waals surface area contributed by atoms with E-state index >= 15 is 0 Å². The molecule has 1 aromatic carbocycles. The SMILES string of the molecule is C1=CC2=CC=CC2=C1.c1ccccc1. The lowest BCUT2D eigenvalue weighted by molar-refractivity contribution is 1.69. The summed E-state index contributed by atoms with van der Waals surface area (Å²) in [5.74, 6) is 0. The van der Waals surface area contributed by atoms with Gasteiger partial charge in [-0.2, -0.15) is 0 Å². The molecule has 0 fully saturated rings. The maximum atomic E-state index is 2.12. The Morgan fingerprint density at radius 2 is 0.857 bits per heavy atom. The molecule has 0 radical (unpaired) electrons. The van der Waals surface area contributed by atoms with Gasteiger partial charge in [0.25, 0.3) is 0 Å². The quantitative estimate of drug-likeness (QED) is 0.571. The van der Waals surface area contributed by atoms with Gasteiger partial charge in [0.15, 0.2) is 0 Å². The fraction of sp³-hybridized carbons (Fsp3) is 0. The highest BCUT2D eigenvalue weighted by Gasteiger charge is 2.04. The first-order valence-electron chi connectivity index (χ1n) is 4.74. The summed E-state index contributed by atoms with van der Waals surface area (Å²) in [5, 5.41) is 0. The van der Waals surface area contributed by atoms with Crippen LogP contribution >= 0.6 is 0 Å². The van der Waals surface area contributed by atoms with E-state index < -0.39 is 0 Å². The largest absolute Gasteiger partial charge is 0.0623 e. The number of hydrogen-bond acceptors (Lipinski definition) is 0. The Labute approximate surface area is 84.6 Å². The van der Waals surface area contributed by atoms with E-state index in [0.29, 0.717) is 0 Å². The predicted octanol–water partition coefficient (Wildman–Crippen LogP) is 3.67. The molecular weight excluding hydrogens is 168 g/mol. The summed E-state index contributed by atoms with van der Waals surface area (Å²) in [4.78, 5) is 0. The predicted molar refractivity (Wildman–Crippen MR) is 60.9 cm³/mol. The second kappa shape index (κ2) is 4.43. The number of benzene rings is 1. The maximum Gasteiger partial charge on any atom is -0.0184 e. The first-order valence-corrected chi connectivity index (χ1v) is 4.74. The van der Waals surface area contributed by atoms with Crippen LogP contribution in [0.4, 0.5) is 0 Å². The zero-order valence-corrected chi connectivity index (χ0v) is 7.93. The Morgan fingerprint density at radius 3 is 1.21 bits per heavy atom. The van der Waals surface area contributed by atoms with Gasteiger partial charge in [-0.1, -0.05) is 72.9 Å². The second-order valence-corrected chi connectivity index (χ2v) is 3.12. The molecule has 3 rings (SSSR count). The van der Waals surface area contributed by atoms with Crippen LogP contribution in [0.3, 0.4) is 0 Å². The van der Waals surface area contributed by atoms with Crippen LogP contribution in [0.15, 0.2) is 84.0 Å². The van der Waals surface area contributed by atoms with Crippen LogP contribution in [0.25, 0.3) is 0 Å². The molecule has 0 amide bonds. The number of hydrogen-bond donors (Lipinski definition) is 0. The van der Waals surface area contributed by atoms with E-state index in [4.69, 9.17) is 0 Å². The van der Waals surface area contributed by atoms with E-state index in [-0.39, 0.29) is 0 Å². The fourth-order valence-corrected chi connectivity index (χ4v) is 1.39. The van der Waals surface area contributed by atoms with E-state index in [1.807, 2.05) is 36.4 Å². The average Bonchev–Trinajstić information content (AvgIpc) is 2.82. The van der Waals surface area contributed by atoms with Crippen LogP contribution in [0.1, 0.15) is 0 Å². The molecule has 14 heavy (non-hydrogen) atoms. The smallest absolute Gasteiger partial charge is 0.0184 e. The molecule has 0 saturated carbocycles. The summed E-state index contributed by atoms with van der Waals surface area (Å²) in [6.45, 7) is 0. The summed E-state index contributed by atoms with van der Waals surface area (Å²) >= 11 is 0. The Kier molecular flexibility index (Phi) is 2.77. The molecule has 0 heterocycles. The fourth-order valence-electron chi connectivity index (χ4n) is 1.39. The van der Waals surface area contributed by atoms with E-state index in [0.717, 1.165) is 0 Å². The van der Waals surface area contributed by atoms with Crippen molar-refractivity contribution in [1.82, 2.24) is 0 Å². The first kappa shape index (κ1) is 8.76. The minimum atomic E-state index is 1.35. The van der Waals surface area contributed by atoms with Gasteiger partial charge in [-0.3, -0.25) is 0 Å². The van der Waals surface area contributed by atoms with Crippen molar-refractivity contribution in [3.05, 3.63) is 84.0 Å². The van der Waals surface area contributed by atoms with Crippen molar-refractivity contribution in [3.8, 4) is 0 Å². The molecule has 0 saturated heterocycles. The van der Waals surface area contributed by atoms with Crippen molar-refractivity contribution in [1.29, 1.82) is 0 Å². The lowest BCUT2D eigenvalue weighted by Gasteiger charge is -1.85. The molecule has 68 valence electrons. The summed E-state index contributed by atoms with van der Waals surface area (Å²) in [5.41, 5.74) is 2.70. The topological polar surface area (TPSA) is 0 Å². The van der Waals surface area contributed by atoms with Crippen molar-refractivity contribution >= 4 is 0 Å². The minimum Gasteiger partial charge on any atom is -0.0623 e. The van der Waals surface area contributed by atoms with Gasteiger partial charge in [0.2, 0.25) is 0 Å². The summed E-state index contributed by atoms with van der Waals surface area (Å²) in [6.07, 6.45) is 12.6. The zero-order chi connectivity index (χ0) is 9.64. The van der Waals surface area contributed by atoms with Gasteiger partial charge in [0, 0.05) is 0 Å². The number of rotatable bonds is 0. The van der Waals surface area contributed by atoms with Crippen molar-refractivity contribution in [2.75, 3.05) is 0 Å². The third kappa shape index (κ3) is 2.11. The van der Waals surface area contributed by atoms with Crippen molar-refractivity contribution in [2.24, 2.45) is 0 Å². The molecule has 2 aliphatic rings. The van der Waals surface area contributed by atoms with Gasteiger partial charge in [-0.05, 0) is 11.1 Å². The maximum absolute atomic E-state index is 2.12. The Morgan fingerprint density at radius 1 is 0.500 bits per heavy atom. The molecule has 0 spiro atoms. The Bertz CT molecular complexity index is 350. The van der Waals surface area contributed by atoms with Crippen LogP contribution in [0, 0.1) is 0 Å². The van der Waals surface area contributed by atoms with E-state index in [1.54, 1.807) is 0 Å². The van der Waals surface area contributed by atoms with E-state index in [1.165, 1.54) is 11.1 Å². The number of fused-ring (bicyclic) bond motifs is 1. The van der Waals surface area contributed by atoms with E-state index in [2.05, 4.69) is 36.5 Å². The zero-order valence-electron chi connectivity index (χ0n) is 7.93. The van der Waals surface area contributed by atoms with Crippen molar-refractivity contribution in [2.45, 2.75) is 0 Å². The molecule has 0 bridgehead atoms. The summed E-state index contributed by atoms with van der Waals surface area (Å²) < 4.78 is 0. The molecule has 0 nitrogen and oxygen atoms in total. The standard InChI is InChI=1S/C8H6.C6H6/c1-3-7-5-2-6-8(7)4-1;1-2-4-6-5-3-1/h1-6H;1-6H. The number of allylic oxidation sites excluding steroid dienone is 8. The van der Waals surface area contributed by atoms with Crippen LogP contribution < -0.4 is 0 Å². The van der Waals surface area contributed by atoms with Crippen LogP contribution in [-0.2, 0) is 0 Å². The molecule has 0 atom stereocenters.